The maximum absolute atomic E-state index is 12.3. The molecule has 3 aromatic rings. The zero-order valence-electron chi connectivity index (χ0n) is 14.4. The third-order valence-electron chi connectivity index (χ3n) is 3.98. The number of nitrogens with one attached hydrogen (secondary N) is 2. The molecule has 0 radical (unpaired) electrons. The first kappa shape index (κ1) is 16.7. The van der Waals surface area contributed by atoms with Crippen molar-refractivity contribution in [2.45, 2.75) is 19.9 Å². The summed E-state index contributed by atoms with van der Waals surface area (Å²) in [7, 11) is 0. The predicted molar refractivity (Wildman–Crippen MR) is 101 cm³/mol. The van der Waals surface area contributed by atoms with Gasteiger partial charge in [0, 0.05) is 5.69 Å². The van der Waals surface area contributed by atoms with Crippen LogP contribution in [-0.4, -0.2) is 10.9 Å². The molecule has 4 nitrogen and oxygen atoms in total. The lowest BCUT2D eigenvalue weighted by Gasteiger charge is -2.14. The van der Waals surface area contributed by atoms with Crippen molar-refractivity contribution in [1.82, 2.24) is 10.3 Å². The Kier molecular flexibility index (Phi) is 5.09. The van der Waals surface area contributed by atoms with E-state index in [1.807, 2.05) is 67.6 Å². The lowest BCUT2D eigenvalue weighted by atomic mass is 10.1. The van der Waals surface area contributed by atoms with Gasteiger partial charge in [0.25, 0.3) is 5.91 Å². The number of aromatic nitrogens is 1. The smallest absolute Gasteiger partial charge is 0.270 e. The van der Waals surface area contributed by atoms with E-state index < -0.39 is 0 Å². The van der Waals surface area contributed by atoms with E-state index in [1.165, 1.54) is 5.56 Å². The quantitative estimate of drug-likeness (QED) is 0.717. The Bertz CT molecular complexity index is 827. The fourth-order valence-electron chi connectivity index (χ4n) is 2.50. The Morgan fingerprint density at radius 3 is 2.24 bits per heavy atom. The third-order valence-corrected chi connectivity index (χ3v) is 3.98. The Morgan fingerprint density at radius 1 is 0.920 bits per heavy atom. The van der Waals surface area contributed by atoms with E-state index in [2.05, 4.69) is 22.5 Å². The zero-order valence-corrected chi connectivity index (χ0v) is 14.4. The highest BCUT2D eigenvalue weighted by atomic mass is 16.1. The number of carbonyl (C=O) groups excluding carboxylic acids is 1. The van der Waals surface area contributed by atoms with E-state index in [4.69, 9.17) is 0 Å². The second-order valence-corrected chi connectivity index (χ2v) is 6.03. The summed E-state index contributed by atoms with van der Waals surface area (Å²) in [5, 5.41) is 6.24. The van der Waals surface area contributed by atoms with Gasteiger partial charge in [0.15, 0.2) is 0 Å². The van der Waals surface area contributed by atoms with E-state index in [1.54, 1.807) is 12.3 Å². The highest BCUT2D eigenvalue weighted by molar-refractivity contribution is 5.92. The molecular formula is C21H21N3O. The van der Waals surface area contributed by atoms with Crippen LogP contribution in [0, 0.1) is 6.92 Å². The van der Waals surface area contributed by atoms with Crippen LogP contribution in [0.4, 0.5) is 11.4 Å². The number of carbonyl (C=O) groups is 1. The van der Waals surface area contributed by atoms with Crippen molar-refractivity contribution in [1.29, 1.82) is 0 Å². The molecule has 0 fully saturated rings. The van der Waals surface area contributed by atoms with Gasteiger partial charge in [0.05, 0.1) is 17.9 Å². The fraction of sp³-hybridized carbons (Fsp3) is 0.143. The summed E-state index contributed by atoms with van der Waals surface area (Å²) >= 11 is 0. The van der Waals surface area contributed by atoms with Gasteiger partial charge in [-0.2, -0.15) is 0 Å². The molecule has 2 aromatic carbocycles. The molecule has 0 saturated carbocycles. The van der Waals surface area contributed by atoms with Gasteiger partial charge in [0.1, 0.15) is 5.69 Å². The molecule has 126 valence electrons. The molecule has 0 aliphatic heterocycles. The van der Waals surface area contributed by atoms with Gasteiger partial charge in [-0.15, -0.1) is 0 Å². The van der Waals surface area contributed by atoms with Crippen molar-refractivity contribution in [3.05, 3.63) is 89.7 Å². The minimum atomic E-state index is -0.182. The number of aryl methyl sites for hydroxylation is 1. The first-order chi connectivity index (χ1) is 12.1. The number of pyridine rings is 1. The van der Waals surface area contributed by atoms with Gasteiger partial charge in [-0.3, -0.25) is 4.79 Å². The number of benzene rings is 2. The molecule has 0 aliphatic rings. The van der Waals surface area contributed by atoms with Gasteiger partial charge in [-0.25, -0.2) is 4.98 Å². The molecule has 0 saturated heterocycles. The molecule has 3 rings (SSSR count). The van der Waals surface area contributed by atoms with Crippen LogP contribution < -0.4 is 10.6 Å². The summed E-state index contributed by atoms with van der Waals surface area (Å²) in [4.78, 5) is 16.6. The Morgan fingerprint density at radius 2 is 1.60 bits per heavy atom. The SMILES string of the molecule is Cc1ccc(Nc2ccc(C(=O)NC(C)c3ccccc3)nc2)cc1. The lowest BCUT2D eigenvalue weighted by molar-refractivity contribution is 0.0935. The number of hydrogen-bond donors (Lipinski definition) is 2. The average molecular weight is 331 g/mol. The molecule has 1 unspecified atom stereocenters. The number of anilines is 2. The summed E-state index contributed by atoms with van der Waals surface area (Å²) in [6.45, 7) is 4.01. The van der Waals surface area contributed by atoms with Crippen molar-refractivity contribution in [3.8, 4) is 0 Å². The van der Waals surface area contributed by atoms with Crippen molar-refractivity contribution in [2.24, 2.45) is 0 Å². The zero-order chi connectivity index (χ0) is 17.6. The van der Waals surface area contributed by atoms with Crippen LogP contribution in [0.1, 0.15) is 34.6 Å². The van der Waals surface area contributed by atoms with Gasteiger partial charge in [-0.05, 0) is 43.7 Å². The van der Waals surface area contributed by atoms with E-state index in [9.17, 15) is 4.79 Å². The maximum Gasteiger partial charge on any atom is 0.270 e. The molecule has 1 atom stereocenters. The predicted octanol–water partition coefficient (Wildman–Crippen LogP) is 4.62. The van der Waals surface area contributed by atoms with Crippen molar-refractivity contribution in [3.63, 3.8) is 0 Å². The summed E-state index contributed by atoms with van der Waals surface area (Å²) in [5.74, 6) is -0.182. The van der Waals surface area contributed by atoms with Gasteiger partial charge < -0.3 is 10.6 Å². The molecule has 0 bridgehead atoms. The van der Waals surface area contributed by atoms with Gasteiger partial charge in [-0.1, -0.05) is 48.0 Å². The maximum atomic E-state index is 12.3. The van der Waals surface area contributed by atoms with Crippen LogP contribution in [-0.2, 0) is 0 Å². The minimum absolute atomic E-state index is 0.0686. The highest BCUT2D eigenvalue weighted by Crippen LogP contribution is 2.17. The number of amides is 1. The number of hydrogen-bond acceptors (Lipinski definition) is 3. The molecular weight excluding hydrogens is 310 g/mol. The molecule has 1 amide bonds. The second kappa shape index (κ2) is 7.62. The van der Waals surface area contributed by atoms with E-state index in [0.29, 0.717) is 5.69 Å². The first-order valence-corrected chi connectivity index (χ1v) is 8.27. The monoisotopic (exact) mass is 331 g/mol. The van der Waals surface area contributed by atoms with Gasteiger partial charge >= 0.3 is 0 Å². The van der Waals surface area contributed by atoms with Crippen LogP contribution in [0.5, 0.6) is 0 Å². The summed E-state index contributed by atoms with van der Waals surface area (Å²) < 4.78 is 0. The molecule has 1 heterocycles. The minimum Gasteiger partial charge on any atom is -0.354 e. The fourth-order valence-corrected chi connectivity index (χ4v) is 2.50. The summed E-state index contributed by atoms with van der Waals surface area (Å²) in [6.07, 6.45) is 1.67. The Hall–Kier alpha value is -3.14. The molecule has 1 aromatic heterocycles. The Labute approximate surface area is 147 Å². The third kappa shape index (κ3) is 4.44. The summed E-state index contributed by atoms with van der Waals surface area (Å²) in [6, 6.07) is 21.5. The molecule has 0 spiro atoms. The molecule has 0 aliphatic carbocycles. The van der Waals surface area contributed by atoms with Crippen molar-refractivity contribution in [2.75, 3.05) is 5.32 Å². The van der Waals surface area contributed by atoms with E-state index in [0.717, 1.165) is 16.9 Å². The molecule has 4 heteroatoms. The average Bonchev–Trinajstić information content (AvgIpc) is 2.65. The van der Waals surface area contributed by atoms with E-state index in [-0.39, 0.29) is 11.9 Å². The van der Waals surface area contributed by atoms with Crippen molar-refractivity contribution < 1.29 is 4.79 Å². The molecule has 2 N–H and O–H groups in total. The standard InChI is InChI=1S/C21H21N3O/c1-15-8-10-18(11-9-15)24-19-12-13-20(22-14-19)21(25)23-16(2)17-6-4-3-5-7-17/h3-14,16,24H,1-2H3,(H,23,25). The van der Waals surface area contributed by atoms with E-state index >= 15 is 0 Å². The van der Waals surface area contributed by atoms with Gasteiger partial charge in [0.2, 0.25) is 0 Å². The number of nitrogens with zero attached hydrogens (tertiary/aromatic N) is 1. The van der Waals surface area contributed by atoms with Crippen molar-refractivity contribution >= 4 is 17.3 Å². The largest absolute Gasteiger partial charge is 0.354 e. The van der Waals surface area contributed by atoms with Crippen LogP contribution in [0.15, 0.2) is 72.9 Å². The summed E-state index contributed by atoms with van der Waals surface area (Å²) in [5.41, 5.74) is 4.51. The van der Waals surface area contributed by atoms with Crippen LogP contribution >= 0.6 is 0 Å². The van der Waals surface area contributed by atoms with Crippen LogP contribution in [0.2, 0.25) is 0 Å². The lowest BCUT2D eigenvalue weighted by Crippen LogP contribution is -2.27. The number of rotatable bonds is 5. The topological polar surface area (TPSA) is 54.0 Å². The van der Waals surface area contributed by atoms with Crippen LogP contribution in [0.3, 0.4) is 0 Å². The second-order valence-electron chi connectivity index (χ2n) is 6.03. The molecule has 25 heavy (non-hydrogen) atoms. The van der Waals surface area contributed by atoms with Crippen LogP contribution in [0.25, 0.3) is 0 Å². The Balaban J connectivity index is 1.63. The normalized spacial score (nSPS) is 11.6. The first-order valence-electron chi connectivity index (χ1n) is 8.27. The highest BCUT2D eigenvalue weighted by Gasteiger charge is 2.12.